The molecule has 1 aromatic heterocycles. The summed E-state index contributed by atoms with van der Waals surface area (Å²) in [5.41, 5.74) is 1.30. The third-order valence-corrected chi connectivity index (χ3v) is 5.44. The first-order valence-electron chi connectivity index (χ1n) is 9.22. The van der Waals surface area contributed by atoms with Crippen molar-refractivity contribution in [2.45, 2.75) is 26.9 Å². The monoisotopic (exact) mass is 416 g/mol. The molecule has 0 aliphatic carbocycles. The predicted molar refractivity (Wildman–Crippen MR) is 109 cm³/mol. The van der Waals surface area contributed by atoms with Crippen molar-refractivity contribution >= 4 is 33.4 Å². The molecule has 0 bridgehead atoms. The van der Waals surface area contributed by atoms with Crippen LogP contribution in [0.2, 0.25) is 0 Å². The van der Waals surface area contributed by atoms with E-state index >= 15 is 0 Å². The molecule has 0 aliphatic heterocycles. The van der Waals surface area contributed by atoms with Crippen molar-refractivity contribution in [3.63, 3.8) is 0 Å². The van der Waals surface area contributed by atoms with E-state index in [0.29, 0.717) is 16.0 Å². The molecule has 0 unspecified atom stereocenters. The molecule has 3 aromatic rings. The molecule has 7 heteroatoms. The quantitative estimate of drug-likeness (QED) is 0.482. The Hall–Kier alpha value is -2.93. The van der Waals surface area contributed by atoms with Crippen LogP contribution in [0, 0.1) is 12.7 Å². The van der Waals surface area contributed by atoms with Gasteiger partial charge in [0.05, 0.1) is 19.6 Å². The normalized spacial score (nSPS) is 10.7. The first kappa shape index (κ1) is 20.8. The van der Waals surface area contributed by atoms with Crippen LogP contribution >= 0.6 is 11.3 Å². The second-order valence-electron chi connectivity index (χ2n) is 6.27. The number of fused-ring (bicyclic) bond motifs is 1. The largest absolute Gasteiger partial charge is 0.493 e. The Morgan fingerprint density at radius 2 is 1.86 bits per heavy atom. The van der Waals surface area contributed by atoms with Crippen molar-refractivity contribution in [1.82, 2.24) is 0 Å². The van der Waals surface area contributed by atoms with Gasteiger partial charge in [0.1, 0.15) is 23.1 Å². The number of hydrogen-bond acceptors (Lipinski definition) is 6. The first-order valence-corrected chi connectivity index (χ1v) is 10.0. The summed E-state index contributed by atoms with van der Waals surface area (Å²) in [7, 11) is 0. The maximum atomic E-state index is 14.4. The minimum atomic E-state index is -0.554. The summed E-state index contributed by atoms with van der Waals surface area (Å²) in [5, 5.41) is 0.282. The van der Waals surface area contributed by atoms with Crippen molar-refractivity contribution in [2.75, 3.05) is 13.2 Å². The van der Waals surface area contributed by atoms with Crippen molar-refractivity contribution in [1.29, 1.82) is 0 Å². The smallest absolute Gasteiger partial charge is 0.348 e. The molecule has 2 aromatic carbocycles. The number of para-hydroxylation sites is 1. The van der Waals surface area contributed by atoms with E-state index in [4.69, 9.17) is 14.2 Å². The summed E-state index contributed by atoms with van der Waals surface area (Å²) in [4.78, 5) is 24.6. The third kappa shape index (κ3) is 4.92. The van der Waals surface area contributed by atoms with Gasteiger partial charge in [-0.25, -0.2) is 9.18 Å². The lowest BCUT2D eigenvalue weighted by atomic mass is 10.1. The van der Waals surface area contributed by atoms with E-state index in [9.17, 15) is 14.0 Å². The van der Waals surface area contributed by atoms with Gasteiger partial charge in [0.25, 0.3) is 0 Å². The van der Waals surface area contributed by atoms with Crippen LogP contribution in [0.1, 0.15) is 34.1 Å². The highest BCUT2D eigenvalue weighted by Crippen LogP contribution is 2.34. The van der Waals surface area contributed by atoms with Gasteiger partial charge in [0, 0.05) is 15.6 Å². The van der Waals surface area contributed by atoms with Crippen LogP contribution < -0.4 is 4.74 Å². The fourth-order valence-corrected chi connectivity index (χ4v) is 3.97. The standard InChI is InChI=1S/C22H21FO5S/c1-3-26-22(25)21-15(20-16(23)8-6-10-18(20)29-21)13-28-19(24)11-12-27-17-9-5-4-7-14(17)2/h4-10H,3,11-13H2,1-2H3. The molecule has 5 nitrogen and oxygen atoms in total. The number of esters is 2. The zero-order valence-corrected chi connectivity index (χ0v) is 17.0. The molecule has 0 fully saturated rings. The lowest BCUT2D eigenvalue weighted by Crippen LogP contribution is -2.12. The summed E-state index contributed by atoms with van der Waals surface area (Å²) in [5.74, 6) is -0.815. The Morgan fingerprint density at radius 3 is 2.62 bits per heavy atom. The predicted octanol–water partition coefficient (Wildman–Crippen LogP) is 5.04. The van der Waals surface area contributed by atoms with Gasteiger partial charge in [-0.2, -0.15) is 0 Å². The van der Waals surface area contributed by atoms with Crippen molar-refractivity contribution in [3.8, 4) is 5.75 Å². The van der Waals surface area contributed by atoms with Gasteiger partial charge >= 0.3 is 11.9 Å². The van der Waals surface area contributed by atoms with Crippen LogP contribution in [-0.2, 0) is 20.9 Å². The molecule has 0 amide bonds. The first-order chi connectivity index (χ1) is 14.0. The Kier molecular flexibility index (Phi) is 6.82. The molecule has 29 heavy (non-hydrogen) atoms. The molecule has 0 atom stereocenters. The number of rotatable bonds is 8. The number of benzene rings is 2. The highest BCUT2D eigenvalue weighted by molar-refractivity contribution is 7.21. The molecular weight excluding hydrogens is 395 g/mol. The van der Waals surface area contributed by atoms with Crippen LogP contribution in [0.25, 0.3) is 10.1 Å². The van der Waals surface area contributed by atoms with E-state index in [0.717, 1.165) is 16.9 Å². The number of carbonyl (C=O) groups is 2. The summed E-state index contributed by atoms with van der Waals surface area (Å²) in [6.07, 6.45) is 0.0353. The van der Waals surface area contributed by atoms with E-state index in [2.05, 4.69) is 0 Å². The molecule has 3 rings (SSSR count). The summed E-state index contributed by atoms with van der Waals surface area (Å²) in [6, 6.07) is 12.1. The zero-order chi connectivity index (χ0) is 20.8. The van der Waals surface area contributed by atoms with E-state index < -0.39 is 17.8 Å². The topological polar surface area (TPSA) is 61.8 Å². The van der Waals surface area contributed by atoms with Gasteiger partial charge in [-0.3, -0.25) is 4.79 Å². The molecule has 0 aliphatic rings. The van der Waals surface area contributed by atoms with Crippen LogP contribution in [0.5, 0.6) is 5.75 Å². The van der Waals surface area contributed by atoms with Crippen LogP contribution in [0.4, 0.5) is 4.39 Å². The van der Waals surface area contributed by atoms with Gasteiger partial charge in [0.2, 0.25) is 0 Å². The highest BCUT2D eigenvalue weighted by atomic mass is 32.1. The summed E-state index contributed by atoms with van der Waals surface area (Å²) < 4.78 is 30.9. The van der Waals surface area contributed by atoms with E-state index in [1.165, 1.54) is 6.07 Å². The molecule has 0 N–H and O–H groups in total. The van der Waals surface area contributed by atoms with E-state index in [1.807, 2.05) is 31.2 Å². The molecule has 152 valence electrons. The zero-order valence-electron chi connectivity index (χ0n) is 16.2. The van der Waals surface area contributed by atoms with Crippen LogP contribution in [0.3, 0.4) is 0 Å². The molecule has 0 saturated heterocycles. The Labute approximate surface area is 172 Å². The maximum Gasteiger partial charge on any atom is 0.348 e. The Balaban J connectivity index is 1.67. The average Bonchev–Trinajstić information content (AvgIpc) is 3.08. The fraction of sp³-hybridized carbons (Fsp3) is 0.273. The molecule has 0 spiro atoms. The van der Waals surface area contributed by atoms with E-state index in [1.54, 1.807) is 19.1 Å². The lowest BCUT2D eigenvalue weighted by molar-refractivity contribution is -0.145. The fourth-order valence-electron chi connectivity index (χ4n) is 2.85. The SMILES string of the molecule is CCOC(=O)c1sc2cccc(F)c2c1COC(=O)CCOc1ccccc1C. The third-order valence-electron chi connectivity index (χ3n) is 4.26. The summed E-state index contributed by atoms with van der Waals surface area (Å²) >= 11 is 1.12. The number of carbonyl (C=O) groups excluding carboxylic acids is 2. The van der Waals surface area contributed by atoms with Crippen LogP contribution in [0.15, 0.2) is 42.5 Å². The van der Waals surface area contributed by atoms with Gasteiger partial charge in [-0.1, -0.05) is 24.3 Å². The lowest BCUT2D eigenvalue weighted by Gasteiger charge is -2.09. The molecule has 0 saturated carbocycles. The number of ether oxygens (including phenoxy) is 3. The number of halogens is 1. The number of hydrogen-bond donors (Lipinski definition) is 0. The minimum absolute atomic E-state index is 0.0353. The Morgan fingerprint density at radius 1 is 1.07 bits per heavy atom. The van der Waals surface area contributed by atoms with Gasteiger partial charge in [0.15, 0.2) is 0 Å². The van der Waals surface area contributed by atoms with E-state index in [-0.39, 0.29) is 36.5 Å². The number of aryl methyl sites for hydroxylation is 1. The van der Waals surface area contributed by atoms with Crippen LogP contribution in [-0.4, -0.2) is 25.2 Å². The van der Waals surface area contributed by atoms with Gasteiger partial charge < -0.3 is 14.2 Å². The van der Waals surface area contributed by atoms with Crippen molar-refractivity contribution < 1.29 is 28.2 Å². The molecule has 0 radical (unpaired) electrons. The second-order valence-corrected chi connectivity index (χ2v) is 7.32. The Bertz CT molecular complexity index is 1030. The summed E-state index contributed by atoms with van der Waals surface area (Å²) in [6.45, 7) is 3.76. The second kappa shape index (κ2) is 9.52. The molecular formula is C22H21FO5S. The average molecular weight is 416 g/mol. The van der Waals surface area contributed by atoms with Gasteiger partial charge in [-0.15, -0.1) is 11.3 Å². The number of thiophene rings is 1. The highest BCUT2D eigenvalue weighted by Gasteiger charge is 2.22. The maximum absolute atomic E-state index is 14.4. The van der Waals surface area contributed by atoms with Crippen molar-refractivity contribution in [3.05, 3.63) is 64.3 Å². The minimum Gasteiger partial charge on any atom is -0.493 e. The van der Waals surface area contributed by atoms with Crippen molar-refractivity contribution in [2.24, 2.45) is 0 Å². The van der Waals surface area contributed by atoms with Gasteiger partial charge in [-0.05, 0) is 37.6 Å². The molecule has 1 heterocycles.